The highest BCUT2D eigenvalue weighted by molar-refractivity contribution is 5.77. The highest BCUT2D eigenvalue weighted by atomic mass is 16.5. The summed E-state index contributed by atoms with van der Waals surface area (Å²) in [4.78, 5) is 22.7. The van der Waals surface area contributed by atoms with Crippen LogP contribution in [0, 0.1) is 0 Å². The van der Waals surface area contributed by atoms with Gasteiger partial charge in [-0.15, -0.1) is 0 Å². The first-order chi connectivity index (χ1) is 7.25. The van der Waals surface area contributed by atoms with Crippen LogP contribution in [0.15, 0.2) is 23.0 Å². The molecule has 0 aliphatic carbocycles. The second-order valence-electron chi connectivity index (χ2n) is 2.96. The van der Waals surface area contributed by atoms with Crippen molar-refractivity contribution in [2.45, 2.75) is 13.3 Å². The van der Waals surface area contributed by atoms with E-state index in [1.54, 1.807) is 18.5 Å². The summed E-state index contributed by atoms with van der Waals surface area (Å²) >= 11 is 0. The molecule has 15 heavy (non-hydrogen) atoms. The van der Waals surface area contributed by atoms with E-state index in [2.05, 4.69) is 20.1 Å². The van der Waals surface area contributed by atoms with E-state index in [9.17, 15) is 4.79 Å². The summed E-state index contributed by atoms with van der Waals surface area (Å²) in [6.45, 7) is 1.46. The number of ketones is 1. The number of Topliss-reactive ketones (excluding diaryl/α,β-unsaturated/α-hetero) is 1. The smallest absolute Gasteiger partial charge is 0.240 e. The van der Waals surface area contributed by atoms with E-state index in [4.69, 9.17) is 4.52 Å². The fraction of sp³-hybridized carbons (Fsp3) is 0.222. The minimum atomic E-state index is -0.0285. The van der Waals surface area contributed by atoms with E-state index in [0.717, 1.165) is 0 Å². The van der Waals surface area contributed by atoms with Gasteiger partial charge in [-0.05, 0) is 13.0 Å². The van der Waals surface area contributed by atoms with Crippen molar-refractivity contribution in [1.29, 1.82) is 0 Å². The summed E-state index contributed by atoms with van der Waals surface area (Å²) < 4.78 is 4.87. The molecule has 0 saturated carbocycles. The molecule has 0 amide bonds. The van der Waals surface area contributed by atoms with Gasteiger partial charge in [0.1, 0.15) is 5.78 Å². The molecule has 0 N–H and O–H groups in total. The molecule has 6 nitrogen and oxygen atoms in total. The topological polar surface area (TPSA) is 81.8 Å². The number of nitrogens with zero attached hydrogens (tertiary/aromatic N) is 4. The van der Waals surface area contributed by atoms with E-state index in [0.29, 0.717) is 11.6 Å². The lowest BCUT2D eigenvalue weighted by atomic mass is 10.3. The van der Waals surface area contributed by atoms with Gasteiger partial charge in [-0.25, -0.2) is 9.97 Å². The monoisotopic (exact) mass is 204 g/mol. The summed E-state index contributed by atoms with van der Waals surface area (Å²) in [5.74, 6) is 0.937. The third-order valence-corrected chi connectivity index (χ3v) is 1.63. The van der Waals surface area contributed by atoms with Gasteiger partial charge >= 0.3 is 0 Å². The van der Waals surface area contributed by atoms with Crippen LogP contribution in [0.25, 0.3) is 11.6 Å². The van der Waals surface area contributed by atoms with Gasteiger partial charge in [-0.3, -0.25) is 4.79 Å². The number of hydrogen-bond acceptors (Lipinski definition) is 6. The molecule has 0 unspecified atom stereocenters. The van der Waals surface area contributed by atoms with Crippen LogP contribution >= 0.6 is 0 Å². The predicted molar refractivity (Wildman–Crippen MR) is 49.7 cm³/mol. The standard InChI is InChI=1S/C9H8N4O2/c1-6(14)5-7-12-9(13-15-7)8-10-3-2-4-11-8/h2-4H,5H2,1H3. The summed E-state index contributed by atoms with van der Waals surface area (Å²) in [5, 5.41) is 3.68. The Bertz CT molecular complexity index is 466. The molecule has 2 aromatic rings. The van der Waals surface area contributed by atoms with Crippen molar-refractivity contribution in [3.8, 4) is 11.6 Å². The third kappa shape index (κ3) is 2.22. The second kappa shape index (κ2) is 3.95. The Kier molecular flexibility index (Phi) is 2.49. The highest BCUT2D eigenvalue weighted by Crippen LogP contribution is 2.09. The molecule has 2 heterocycles. The molecule has 0 radical (unpaired) electrons. The summed E-state index contributed by atoms with van der Waals surface area (Å²) in [6, 6.07) is 1.69. The lowest BCUT2D eigenvalue weighted by molar-refractivity contribution is -0.116. The van der Waals surface area contributed by atoms with E-state index >= 15 is 0 Å². The van der Waals surface area contributed by atoms with Crippen LogP contribution in [0.2, 0.25) is 0 Å². The summed E-state index contributed by atoms with van der Waals surface area (Å²) in [7, 11) is 0. The Balaban J connectivity index is 2.24. The van der Waals surface area contributed by atoms with Gasteiger partial charge in [0.25, 0.3) is 0 Å². The number of carbonyl (C=O) groups is 1. The molecule has 0 aromatic carbocycles. The summed E-state index contributed by atoms with van der Waals surface area (Å²) in [5.41, 5.74) is 0. The zero-order chi connectivity index (χ0) is 10.7. The van der Waals surface area contributed by atoms with Gasteiger partial charge < -0.3 is 4.52 Å². The van der Waals surface area contributed by atoms with Gasteiger partial charge in [0.2, 0.25) is 17.5 Å². The zero-order valence-corrected chi connectivity index (χ0v) is 8.04. The first-order valence-corrected chi connectivity index (χ1v) is 4.35. The van der Waals surface area contributed by atoms with Crippen molar-refractivity contribution in [2.75, 3.05) is 0 Å². The maximum absolute atomic E-state index is 10.8. The largest absolute Gasteiger partial charge is 0.338 e. The second-order valence-corrected chi connectivity index (χ2v) is 2.96. The van der Waals surface area contributed by atoms with Gasteiger partial charge in [0.15, 0.2) is 0 Å². The van der Waals surface area contributed by atoms with Crippen molar-refractivity contribution in [3.05, 3.63) is 24.4 Å². The van der Waals surface area contributed by atoms with Crippen LogP contribution in [0.4, 0.5) is 0 Å². The van der Waals surface area contributed by atoms with Gasteiger partial charge in [0, 0.05) is 12.4 Å². The maximum atomic E-state index is 10.8. The third-order valence-electron chi connectivity index (χ3n) is 1.63. The van der Waals surface area contributed by atoms with Gasteiger partial charge in [-0.1, -0.05) is 5.16 Å². The first kappa shape index (κ1) is 9.45. The average molecular weight is 204 g/mol. The Hall–Kier alpha value is -2.11. The SMILES string of the molecule is CC(=O)Cc1nc(-c2ncccn2)no1. The Morgan fingerprint density at radius 1 is 1.33 bits per heavy atom. The fourth-order valence-electron chi connectivity index (χ4n) is 1.05. The van der Waals surface area contributed by atoms with Crippen LogP contribution < -0.4 is 0 Å². The molecule has 0 fully saturated rings. The minimum Gasteiger partial charge on any atom is -0.338 e. The van der Waals surface area contributed by atoms with Crippen LogP contribution in [-0.2, 0) is 11.2 Å². The molecular weight excluding hydrogens is 196 g/mol. The van der Waals surface area contributed by atoms with E-state index < -0.39 is 0 Å². The van der Waals surface area contributed by atoms with E-state index in [1.165, 1.54) is 6.92 Å². The van der Waals surface area contributed by atoms with Crippen molar-refractivity contribution < 1.29 is 9.32 Å². The van der Waals surface area contributed by atoms with E-state index in [-0.39, 0.29) is 18.1 Å². The Labute approximate surface area is 85.4 Å². The van der Waals surface area contributed by atoms with E-state index in [1.807, 2.05) is 0 Å². The lowest BCUT2D eigenvalue weighted by Gasteiger charge is -1.88. The molecule has 0 aliphatic rings. The van der Waals surface area contributed by atoms with Crippen molar-refractivity contribution in [2.24, 2.45) is 0 Å². The molecule has 0 bridgehead atoms. The number of carbonyl (C=O) groups excluding carboxylic acids is 1. The Morgan fingerprint density at radius 3 is 2.73 bits per heavy atom. The molecule has 0 aliphatic heterocycles. The molecule has 0 atom stereocenters. The zero-order valence-electron chi connectivity index (χ0n) is 8.04. The highest BCUT2D eigenvalue weighted by Gasteiger charge is 2.11. The lowest BCUT2D eigenvalue weighted by Crippen LogP contribution is -1.96. The molecule has 76 valence electrons. The average Bonchev–Trinajstić information content (AvgIpc) is 2.67. The predicted octanol–water partition coefficient (Wildman–Crippen LogP) is 0.658. The fourth-order valence-corrected chi connectivity index (χ4v) is 1.05. The van der Waals surface area contributed by atoms with Crippen molar-refractivity contribution >= 4 is 5.78 Å². The number of aromatic nitrogens is 4. The number of hydrogen-bond donors (Lipinski definition) is 0. The normalized spacial score (nSPS) is 10.2. The van der Waals surface area contributed by atoms with Crippen LogP contribution in [0.3, 0.4) is 0 Å². The van der Waals surface area contributed by atoms with Crippen LogP contribution in [-0.4, -0.2) is 25.9 Å². The molecule has 0 spiro atoms. The minimum absolute atomic E-state index is 0.0285. The molecule has 2 rings (SSSR count). The van der Waals surface area contributed by atoms with Crippen molar-refractivity contribution in [1.82, 2.24) is 20.1 Å². The maximum Gasteiger partial charge on any atom is 0.240 e. The van der Waals surface area contributed by atoms with Crippen LogP contribution in [0.5, 0.6) is 0 Å². The molecule has 2 aromatic heterocycles. The summed E-state index contributed by atoms with van der Waals surface area (Å²) in [6.07, 6.45) is 3.31. The van der Waals surface area contributed by atoms with Crippen LogP contribution in [0.1, 0.15) is 12.8 Å². The van der Waals surface area contributed by atoms with Crippen molar-refractivity contribution in [3.63, 3.8) is 0 Å². The molecular formula is C9H8N4O2. The van der Waals surface area contributed by atoms with Gasteiger partial charge in [0.05, 0.1) is 6.42 Å². The molecule has 0 saturated heterocycles. The first-order valence-electron chi connectivity index (χ1n) is 4.35. The quantitative estimate of drug-likeness (QED) is 0.730. The molecule has 6 heteroatoms. The Morgan fingerprint density at radius 2 is 2.07 bits per heavy atom. The van der Waals surface area contributed by atoms with Gasteiger partial charge in [-0.2, -0.15) is 4.98 Å². The number of rotatable bonds is 3.